The maximum Gasteiger partial charge on any atom is 0.187 e. The number of hydrogen-bond acceptors (Lipinski definition) is 4. The summed E-state index contributed by atoms with van der Waals surface area (Å²) in [5, 5.41) is 7.36. The summed E-state index contributed by atoms with van der Waals surface area (Å²) in [6.45, 7) is 4.18. The van der Waals surface area contributed by atoms with Crippen molar-refractivity contribution in [2.24, 2.45) is 5.10 Å². The molecule has 6 heteroatoms. The molecule has 0 atom stereocenters. The van der Waals surface area contributed by atoms with Crippen LogP contribution in [0, 0.1) is 0 Å². The smallest absolute Gasteiger partial charge is 0.187 e. The highest BCUT2D eigenvalue weighted by Crippen LogP contribution is 2.26. The second-order valence-electron chi connectivity index (χ2n) is 3.48. The van der Waals surface area contributed by atoms with Gasteiger partial charge in [0.05, 0.1) is 20.4 Å². The van der Waals surface area contributed by atoms with Crippen LogP contribution in [0.25, 0.3) is 0 Å². The largest absolute Gasteiger partial charge is 0.493 e. The van der Waals surface area contributed by atoms with Crippen LogP contribution < -0.4 is 20.2 Å². The molecule has 0 unspecified atom stereocenters. The molecule has 0 aromatic heterocycles. The van der Waals surface area contributed by atoms with Gasteiger partial charge >= 0.3 is 0 Å². The highest BCUT2D eigenvalue weighted by Gasteiger charge is 2.02. The third-order valence-electron chi connectivity index (χ3n) is 2.19. The van der Waals surface area contributed by atoms with Gasteiger partial charge in [-0.3, -0.25) is 5.43 Å². The number of nitrogens with zero attached hydrogens (tertiary/aromatic N) is 1. The summed E-state index contributed by atoms with van der Waals surface area (Å²) in [5.41, 5.74) is 3.57. The summed E-state index contributed by atoms with van der Waals surface area (Å²) >= 11 is 4.99. The summed E-state index contributed by atoms with van der Waals surface area (Å²) in [6.07, 6.45) is 3.36. The highest BCUT2D eigenvalue weighted by atomic mass is 32.1. The van der Waals surface area contributed by atoms with Gasteiger partial charge in [0.15, 0.2) is 16.6 Å². The van der Waals surface area contributed by atoms with Crippen molar-refractivity contribution in [3.8, 4) is 11.5 Å². The van der Waals surface area contributed by atoms with E-state index in [4.69, 9.17) is 21.7 Å². The van der Waals surface area contributed by atoms with Crippen LogP contribution in [0.4, 0.5) is 0 Å². The van der Waals surface area contributed by atoms with Crippen molar-refractivity contribution in [3.05, 3.63) is 36.4 Å². The van der Waals surface area contributed by atoms with E-state index in [-0.39, 0.29) is 0 Å². The number of nitrogens with one attached hydrogen (secondary N) is 2. The van der Waals surface area contributed by atoms with Gasteiger partial charge in [0.2, 0.25) is 0 Å². The Bertz CT molecular complexity index is 475. The van der Waals surface area contributed by atoms with E-state index < -0.39 is 0 Å². The SMILES string of the molecule is C=CCNC(=S)N/N=C\c1ccc(OC)c(OC)c1. The Balaban J connectivity index is 2.61. The molecule has 102 valence electrons. The minimum Gasteiger partial charge on any atom is -0.493 e. The first-order valence-corrected chi connectivity index (χ1v) is 6.02. The lowest BCUT2D eigenvalue weighted by Gasteiger charge is -2.07. The molecule has 1 rings (SSSR count). The molecule has 0 heterocycles. The van der Waals surface area contributed by atoms with Crippen LogP contribution in [0.15, 0.2) is 36.0 Å². The summed E-state index contributed by atoms with van der Waals surface area (Å²) in [7, 11) is 3.18. The topological polar surface area (TPSA) is 54.9 Å². The fourth-order valence-corrected chi connectivity index (χ4v) is 1.44. The Morgan fingerprint density at radius 3 is 2.74 bits per heavy atom. The van der Waals surface area contributed by atoms with Crippen molar-refractivity contribution in [1.29, 1.82) is 0 Å². The second kappa shape index (κ2) is 8.10. The zero-order valence-corrected chi connectivity index (χ0v) is 11.8. The molecule has 19 heavy (non-hydrogen) atoms. The normalized spacial score (nSPS) is 10.0. The van der Waals surface area contributed by atoms with Gasteiger partial charge in [-0.15, -0.1) is 6.58 Å². The van der Waals surface area contributed by atoms with Crippen LogP contribution in [0.1, 0.15) is 5.56 Å². The standard InChI is InChI=1S/C13H17N3O2S/c1-4-7-14-13(19)16-15-9-10-5-6-11(17-2)12(8-10)18-3/h4-6,8-9H,1,7H2,2-3H3,(H2,14,16,19)/b15-9-. The van der Waals surface area contributed by atoms with E-state index >= 15 is 0 Å². The van der Waals surface area contributed by atoms with Gasteiger partial charge in [0.1, 0.15) is 0 Å². The lowest BCUT2D eigenvalue weighted by Crippen LogP contribution is -2.31. The number of ether oxygens (including phenoxy) is 2. The van der Waals surface area contributed by atoms with Crippen LogP contribution in [-0.4, -0.2) is 32.1 Å². The van der Waals surface area contributed by atoms with E-state index in [1.807, 2.05) is 18.2 Å². The minimum atomic E-state index is 0.441. The van der Waals surface area contributed by atoms with Crippen molar-refractivity contribution < 1.29 is 9.47 Å². The van der Waals surface area contributed by atoms with Crippen LogP contribution in [0.3, 0.4) is 0 Å². The Labute approximate surface area is 118 Å². The molecule has 0 bridgehead atoms. The summed E-state index contributed by atoms with van der Waals surface area (Å²) in [6, 6.07) is 5.51. The van der Waals surface area contributed by atoms with Crippen molar-refractivity contribution in [2.45, 2.75) is 0 Å². The van der Waals surface area contributed by atoms with Gasteiger partial charge in [0, 0.05) is 6.54 Å². The van der Waals surface area contributed by atoms with E-state index in [0.29, 0.717) is 23.2 Å². The molecule has 0 saturated carbocycles. The lowest BCUT2D eigenvalue weighted by atomic mass is 10.2. The Hall–Kier alpha value is -2.08. The molecule has 1 aromatic carbocycles. The molecule has 0 aliphatic carbocycles. The molecule has 0 fully saturated rings. The Morgan fingerprint density at radius 1 is 1.37 bits per heavy atom. The fourth-order valence-electron chi connectivity index (χ4n) is 1.30. The van der Waals surface area contributed by atoms with Gasteiger partial charge in [-0.25, -0.2) is 0 Å². The molecule has 5 nitrogen and oxygen atoms in total. The van der Waals surface area contributed by atoms with E-state index in [2.05, 4.69) is 22.4 Å². The first kappa shape index (κ1) is 15.0. The van der Waals surface area contributed by atoms with Crippen molar-refractivity contribution in [3.63, 3.8) is 0 Å². The molecule has 1 aromatic rings. The van der Waals surface area contributed by atoms with Crippen LogP contribution in [0.2, 0.25) is 0 Å². The monoisotopic (exact) mass is 279 g/mol. The van der Waals surface area contributed by atoms with E-state index in [9.17, 15) is 0 Å². The Morgan fingerprint density at radius 2 is 2.11 bits per heavy atom. The first-order chi connectivity index (χ1) is 9.21. The highest BCUT2D eigenvalue weighted by molar-refractivity contribution is 7.80. The summed E-state index contributed by atoms with van der Waals surface area (Å²) in [5.74, 6) is 1.33. The molecule has 0 radical (unpaired) electrons. The van der Waals surface area contributed by atoms with Crippen molar-refractivity contribution in [1.82, 2.24) is 10.7 Å². The van der Waals surface area contributed by atoms with Gasteiger partial charge in [0.25, 0.3) is 0 Å². The van der Waals surface area contributed by atoms with Crippen LogP contribution in [0.5, 0.6) is 11.5 Å². The number of hydrazone groups is 1. The molecule has 0 amide bonds. The zero-order chi connectivity index (χ0) is 14.1. The summed E-state index contributed by atoms with van der Waals surface area (Å²) in [4.78, 5) is 0. The lowest BCUT2D eigenvalue weighted by molar-refractivity contribution is 0.355. The molecular formula is C13H17N3O2S. The third-order valence-corrected chi connectivity index (χ3v) is 2.43. The maximum absolute atomic E-state index is 5.20. The number of rotatable bonds is 6. The molecule has 0 aliphatic heterocycles. The first-order valence-electron chi connectivity index (χ1n) is 5.61. The van der Waals surface area contributed by atoms with E-state index in [1.165, 1.54) is 0 Å². The van der Waals surface area contributed by atoms with Crippen LogP contribution >= 0.6 is 12.2 Å². The zero-order valence-electron chi connectivity index (χ0n) is 11.0. The van der Waals surface area contributed by atoms with Crippen molar-refractivity contribution >= 4 is 23.5 Å². The van der Waals surface area contributed by atoms with E-state index in [1.54, 1.807) is 26.5 Å². The molecule has 0 aliphatic rings. The van der Waals surface area contributed by atoms with Crippen LogP contribution in [-0.2, 0) is 0 Å². The molecule has 0 saturated heterocycles. The minimum absolute atomic E-state index is 0.441. The number of benzene rings is 1. The number of methoxy groups -OCH3 is 2. The van der Waals surface area contributed by atoms with Crippen molar-refractivity contribution in [2.75, 3.05) is 20.8 Å². The quantitative estimate of drug-likeness (QED) is 0.359. The van der Waals surface area contributed by atoms with Gasteiger partial charge < -0.3 is 14.8 Å². The number of thiocarbonyl (C=S) groups is 1. The second-order valence-corrected chi connectivity index (χ2v) is 3.89. The molecule has 0 spiro atoms. The predicted molar refractivity (Wildman–Crippen MR) is 81.1 cm³/mol. The van der Waals surface area contributed by atoms with Gasteiger partial charge in [-0.1, -0.05) is 6.08 Å². The average molecular weight is 279 g/mol. The molecule has 2 N–H and O–H groups in total. The maximum atomic E-state index is 5.20. The Kier molecular flexibility index (Phi) is 6.38. The van der Waals surface area contributed by atoms with Gasteiger partial charge in [-0.2, -0.15) is 5.10 Å². The van der Waals surface area contributed by atoms with Gasteiger partial charge in [-0.05, 0) is 36.0 Å². The fraction of sp³-hybridized carbons (Fsp3) is 0.231. The molecular weight excluding hydrogens is 262 g/mol. The predicted octanol–water partition coefficient (Wildman–Crippen LogP) is 1.69. The number of hydrogen-bond donors (Lipinski definition) is 2. The third kappa shape index (κ3) is 4.97. The van der Waals surface area contributed by atoms with E-state index in [0.717, 1.165) is 5.56 Å². The average Bonchev–Trinajstić information content (AvgIpc) is 2.44. The summed E-state index contributed by atoms with van der Waals surface area (Å²) < 4.78 is 10.4.